The van der Waals surface area contributed by atoms with Crippen molar-refractivity contribution in [1.82, 2.24) is 9.38 Å². The maximum Gasteiger partial charge on any atom is 0.292 e. The molecule has 1 amide bonds. The van der Waals surface area contributed by atoms with Gasteiger partial charge in [-0.2, -0.15) is 0 Å². The van der Waals surface area contributed by atoms with Crippen LogP contribution in [0.5, 0.6) is 0 Å². The van der Waals surface area contributed by atoms with Crippen LogP contribution in [0.3, 0.4) is 0 Å². The number of nitrogens with one attached hydrogen (secondary N) is 1. The molecule has 1 N–H and O–H groups in total. The van der Waals surface area contributed by atoms with Crippen LogP contribution >= 0.6 is 0 Å². The van der Waals surface area contributed by atoms with E-state index in [9.17, 15) is 4.79 Å². The second-order valence-corrected chi connectivity index (χ2v) is 6.04. The molecule has 0 atom stereocenters. The molecule has 1 aromatic carbocycles. The van der Waals surface area contributed by atoms with E-state index < -0.39 is 0 Å². The largest absolute Gasteiger partial charge is 0.459 e. The second-order valence-electron chi connectivity index (χ2n) is 6.04. The van der Waals surface area contributed by atoms with Crippen molar-refractivity contribution in [1.29, 1.82) is 0 Å². The predicted molar refractivity (Wildman–Crippen MR) is 96.8 cm³/mol. The monoisotopic (exact) mass is 331 g/mol. The van der Waals surface area contributed by atoms with Crippen molar-refractivity contribution in [3.8, 4) is 11.3 Å². The van der Waals surface area contributed by atoms with Crippen LogP contribution in [0.4, 0.5) is 5.82 Å². The molecule has 0 unspecified atom stereocenters. The van der Waals surface area contributed by atoms with E-state index >= 15 is 0 Å². The number of aryl methyl sites for hydroxylation is 2. The first-order valence-corrected chi connectivity index (χ1v) is 8.02. The Morgan fingerprint density at radius 2 is 1.80 bits per heavy atom. The molecule has 0 aliphatic carbocycles. The number of rotatable bonds is 3. The number of amides is 1. The third-order valence-corrected chi connectivity index (χ3v) is 4.07. The molecule has 0 saturated heterocycles. The standard InChI is InChI=1S/C20H17N3O2/c1-13-5-8-15(9-6-13)18-19(22-20(24)16-4-3-11-25-16)23-12-14(2)7-10-17(23)21-18/h3-12H,1-2H3,(H,22,24). The predicted octanol–water partition coefficient (Wildman–Crippen LogP) is 4.46. The van der Waals surface area contributed by atoms with E-state index in [-0.39, 0.29) is 11.7 Å². The molecule has 3 heterocycles. The molecule has 0 bridgehead atoms. The Balaban J connectivity index is 1.86. The van der Waals surface area contributed by atoms with Crippen molar-refractivity contribution >= 4 is 17.4 Å². The van der Waals surface area contributed by atoms with E-state index in [0.29, 0.717) is 5.82 Å². The fourth-order valence-electron chi connectivity index (χ4n) is 2.76. The zero-order valence-electron chi connectivity index (χ0n) is 14.0. The summed E-state index contributed by atoms with van der Waals surface area (Å²) in [7, 11) is 0. The van der Waals surface area contributed by atoms with Crippen LogP contribution in [-0.4, -0.2) is 15.3 Å². The summed E-state index contributed by atoms with van der Waals surface area (Å²) in [6, 6.07) is 15.3. The first-order valence-electron chi connectivity index (χ1n) is 8.02. The summed E-state index contributed by atoms with van der Waals surface area (Å²) in [5, 5.41) is 2.94. The minimum atomic E-state index is -0.304. The average Bonchev–Trinajstić information content (AvgIpc) is 3.24. The molecule has 4 aromatic rings. The average molecular weight is 331 g/mol. The van der Waals surface area contributed by atoms with Gasteiger partial charge in [-0.3, -0.25) is 9.20 Å². The Labute approximate surface area is 144 Å². The Hall–Kier alpha value is -3.34. The minimum absolute atomic E-state index is 0.262. The van der Waals surface area contributed by atoms with Crippen molar-refractivity contribution in [3.05, 3.63) is 77.9 Å². The molecule has 0 aliphatic rings. The molecule has 0 radical (unpaired) electrons. The van der Waals surface area contributed by atoms with Crippen molar-refractivity contribution in [2.45, 2.75) is 13.8 Å². The lowest BCUT2D eigenvalue weighted by Crippen LogP contribution is -2.13. The Morgan fingerprint density at radius 1 is 1.04 bits per heavy atom. The summed E-state index contributed by atoms with van der Waals surface area (Å²) in [5.74, 6) is 0.586. The third-order valence-electron chi connectivity index (χ3n) is 4.07. The highest BCUT2D eigenvalue weighted by molar-refractivity contribution is 6.04. The van der Waals surface area contributed by atoms with Gasteiger partial charge in [0.2, 0.25) is 0 Å². The van der Waals surface area contributed by atoms with E-state index in [2.05, 4.69) is 5.32 Å². The normalized spacial score (nSPS) is 11.0. The topological polar surface area (TPSA) is 59.5 Å². The number of furan rings is 1. The summed E-state index contributed by atoms with van der Waals surface area (Å²) in [5.41, 5.74) is 4.70. The van der Waals surface area contributed by atoms with Crippen molar-refractivity contribution < 1.29 is 9.21 Å². The molecule has 0 fully saturated rings. The number of imidazole rings is 1. The van der Waals surface area contributed by atoms with Gasteiger partial charge in [-0.1, -0.05) is 35.9 Å². The molecule has 0 saturated carbocycles. The summed E-state index contributed by atoms with van der Waals surface area (Å²) in [6.07, 6.45) is 3.44. The zero-order chi connectivity index (χ0) is 17.4. The van der Waals surface area contributed by atoms with Gasteiger partial charge in [0.25, 0.3) is 5.91 Å². The van der Waals surface area contributed by atoms with Gasteiger partial charge in [0.05, 0.1) is 6.26 Å². The highest BCUT2D eigenvalue weighted by Crippen LogP contribution is 2.29. The Bertz CT molecular complexity index is 1040. The number of fused-ring (bicyclic) bond motifs is 1. The van der Waals surface area contributed by atoms with Crippen LogP contribution in [0.1, 0.15) is 21.7 Å². The highest BCUT2D eigenvalue weighted by atomic mass is 16.3. The van der Waals surface area contributed by atoms with Gasteiger partial charge < -0.3 is 9.73 Å². The fourth-order valence-corrected chi connectivity index (χ4v) is 2.76. The van der Waals surface area contributed by atoms with E-state index in [4.69, 9.17) is 9.40 Å². The van der Waals surface area contributed by atoms with Gasteiger partial charge >= 0.3 is 0 Å². The van der Waals surface area contributed by atoms with Gasteiger partial charge in [-0.05, 0) is 37.6 Å². The molecule has 3 aromatic heterocycles. The minimum Gasteiger partial charge on any atom is -0.459 e. The van der Waals surface area contributed by atoms with Crippen molar-refractivity contribution in [3.63, 3.8) is 0 Å². The molecular formula is C20H17N3O2. The third kappa shape index (κ3) is 2.80. The van der Waals surface area contributed by atoms with Crippen LogP contribution < -0.4 is 5.32 Å². The van der Waals surface area contributed by atoms with Crippen LogP contribution in [0.25, 0.3) is 16.9 Å². The number of hydrogen-bond donors (Lipinski definition) is 1. The Morgan fingerprint density at radius 3 is 2.52 bits per heavy atom. The summed E-state index contributed by atoms with van der Waals surface area (Å²) >= 11 is 0. The lowest BCUT2D eigenvalue weighted by Gasteiger charge is -2.07. The molecule has 0 spiro atoms. The molecule has 25 heavy (non-hydrogen) atoms. The summed E-state index contributed by atoms with van der Waals surface area (Å²) < 4.78 is 7.09. The van der Waals surface area contributed by atoms with Gasteiger partial charge in [-0.15, -0.1) is 0 Å². The summed E-state index contributed by atoms with van der Waals surface area (Å²) in [4.78, 5) is 17.2. The van der Waals surface area contributed by atoms with E-state index in [1.54, 1.807) is 12.1 Å². The maximum absolute atomic E-state index is 12.5. The van der Waals surface area contributed by atoms with Crippen molar-refractivity contribution in [2.75, 3.05) is 5.32 Å². The van der Waals surface area contributed by atoms with Crippen molar-refractivity contribution in [2.24, 2.45) is 0 Å². The molecule has 5 heteroatoms. The van der Waals surface area contributed by atoms with Crippen LogP contribution in [0.2, 0.25) is 0 Å². The van der Waals surface area contributed by atoms with Gasteiger partial charge in [0.1, 0.15) is 17.2 Å². The number of benzene rings is 1. The number of carbonyl (C=O) groups is 1. The van der Waals surface area contributed by atoms with E-state index in [1.807, 2.05) is 60.8 Å². The molecular weight excluding hydrogens is 314 g/mol. The summed E-state index contributed by atoms with van der Waals surface area (Å²) in [6.45, 7) is 4.04. The lowest BCUT2D eigenvalue weighted by atomic mass is 10.1. The quantitative estimate of drug-likeness (QED) is 0.603. The lowest BCUT2D eigenvalue weighted by molar-refractivity contribution is 0.0996. The molecule has 5 nitrogen and oxygen atoms in total. The first-order chi connectivity index (χ1) is 12.1. The molecule has 124 valence electrons. The number of anilines is 1. The van der Waals surface area contributed by atoms with Gasteiger partial charge in [-0.25, -0.2) is 4.98 Å². The smallest absolute Gasteiger partial charge is 0.292 e. The van der Waals surface area contributed by atoms with E-state index in [0.717, 1.165) is 22.5 Å². The number of pyridine rings is 1. The second kappa shape index (κ2) is 5.94. The first kappa shape index (κ1) is 15.2. The fraction of sp³-hybridized carbons (Fsp3) is 0.100. The number of carbonyl (C=O) groups excluding carboxylic acids is 1. The Kier molecular flexibility index (Phi) is 3.61. The molecule has 4 rings (SSSR count). The maximum atomic E-state index is 12.5. The van der Waals surface area contributed by atoms with Crippen LogP contribution in [0, 0.1) is 13.8 Å². The van der Waals surface area contributed by atoms with E-state index in [1.165, 1.54) is 11.8 Å². The highest BCUT2D eigenvalue weighted by Gasteiger charge is 2.18. The van der Waals surface area contributed by atoms with Crippen LogP contribution in [-0.2, 0) is 0 Å². The van der Waals surface area contributed by atoms with Gasteiger partial charge in [0, 0.05) is 11.8 Å². The molecule has 0 aliphatic heterocycles. The van der Waals surface area contributed by atoms with Gasteiger partial charge in [0.15, 0.2) is 5.76 Å². The number of aromatic nitrogens is 2. The zero-order valence-corrected chi connectivity index (χ0v) is 14.0. The SMILES string of the molecule is Cc1ccc(-c2nc3ccc(C)cn3c2NC(=O)c2ccco2)cc1. The van der Waals surface area contributed by atoms with Crippen LogP contribution in [0.15, 0.2) is 65.4 Å². The number of hydrogen-bond acceptors (Lipinski definition) is 3. The number of nitrogens with zero attached hydrogens (tertiary/aromatic N) is 2.